The number of hydrazone groups is 1. The van der Waals surface area contributed by atoms with E-state index < -0.39 is 0 Å². The zero-order valence-electron chi connectivity index (χ0n) is 11.5. The highest BCUT2D eigenvalue weighted by Gasteiger charge is 2.34. The number of nitrogens with zero attached hydrogens (tertiary/aromatic N) is 3. The highest BCUT2D eigenvalue weighted by Crippen LogP contribution is 2.34. The fourth-order valence-corrected chi connectivity index (χ4v) is 3.84. The van der Waals surface area contributed by atoms with Gasteiger partial charge in [0.1, 0.15) is 0 Å². The third-order valence-corrected chi connectivity index (χ3v) is 5.05. The molecule has 5 heteroatoms. The Bertz CT molecular complexity index is 572. The van der Waals surface area contributed by atoms with Crippen LogP contribution in [-0.2, 0) is 0 Å². The summed E-state index contributed by atoms with van der Waals surface area (Å²) in [6.45, 7) is 4.42. The number of hydrogen-bond acceptors (Lipinski definition) is 5. The second kappa shape index (κ2) is 4.74. The minimum atomic E-state index is 0.224. The molecule has 4 nitrogen and oxygen atoms in total. The molecule has 3 aliphatic heterocycles. The molecule has 1 saturated heterocycles. The number of nitrogens with one attached hydrogen (secondary N) is 1. The van der Waals surface area contributed by atoms with E-state index in [1.165, 1.54) is 29.1 Å². The maximum atomic E-state index is 4.73. The van der Waals surface area contributed by atoms with Gasteiger partial charge >= 0.3 is 0 Å². The normalized spacial score (nSPS) is 24.6. The van der Waals surface area contributed by atoms with Crippen LogP contribution >= 0.6 is 11.8 Å². The van der Waals surface area contributed by atoms with Crippen molar-refractivity contribution in [2.45, 2.75) is 25.3 Å². The molecule has 1 atom stereocenters. The average Bonchev–Trinajstić information content (AvgIpc) is 3.14. The van der Waals surface area contributed by atoms with E-state index in [1.54, 1.807) is 0 Å². The van der Waals surface area contributed by atoms with Gasteiger partial charge in [-0.15, -0.1) is 5.10 Å². The fourth-order valence-electron chi connectivity index (χ4n) is 2.76. The maximum Gasteiger partial charge on any atom is 0.187 e. The molecule has 3 heterocycles. The lowest BCUT2D eigenvalue weighted by Gasteiger charge is -2.16. The molecule has 0 amide bonds. The van der Waals surface area contributed by atoms with E-state index in [-0.39, 0.29) is 5.50 Å². The molecule has 1 N–H and O–H groups in total. The van der Waals surface area contributed by atoms with Crippen LogP contribution in [0.15, 0.2) is 35.6 Å². The number of aryl methyl sites for hydroxylation is 1. The van der Waals surface area contributed by atoms with Gasteiger partial charge in [-0.2, -0.15) is 0 Å². The molecule has 3 aliphatic rings. The van der Waals surface area contributed by atoms with Crippen LogP contribution in [0.25, 0.3) is 5.70 Å². The Hall–Kier alpha value is -1.62. The first-order valence-electron chi connectivity index (χ1n) is 7.13. The Kier molecular flexibility index (Phi) is 2.88. The molecular weight excluding hydrogens is 268 g/mol. The van der Waals surface area contributed by atoms with Crippen molar-refractivity contribution in [2.75, 3.05) is 13.1 Å². The maximum absolute atomic E-state index is 4.73. The first kappa shape index (κ1) is 12.1. The molecule has 0 saturated carbocycles. The summed E-state index contributed by atoms with van der Waals surface area (Å²) < 4.78 is 0. The molecule has 1 aromatic rings. The Morgan fingerprint density at radius 2 is 1.95 bits per heavy atom. The van der Waals surface area contributed by atoms with Gasteiger partial charge in [0, 0.05) is 13.1 Å². The summed E-state index contributed by atoms with van der Waals surface area (Å²) in [6, 6.07) is 8.61. The first-order valence-corrected chi connectivity index (χ1v) is 8.01. The first-order chi connectivity index (χ1) is 9.79. The topological polar surface area (TPSA) is 30.9 Å². The second-order valence-electron chi connectivity index (χ2n) is 5.48. The van der Waals surface area contributed by atoms with Crippen molar-refractivity contribution < 1.29 is 0 Å². The van der Waals surface area contributed by atoms with Gasteiger partial charge < -0.3 is 10.2 Å². The SMILES string of the molecule is Cc1ccc(C2=CN3N=C(N4CCCC4)S[C@@H]3N2)cc1. The molecule has 104 valence electrons. The smallest absolute Gasteiger partial charge is 0.187 e. The van der Waals surface area contributed by atoms with Gasteiger partial charge in [0.2, 0.25) is 0 Å². The molecule has 1 fully saturated rings. The van der Waals surface area contributed by atoms with Crippen LogP contribution in [0.2, 0.25) is 0 Å². The zero-order chi connectivity index (χ0) is 13.5. The van der Waals surface area contributed by atoms with E-state index in [4.69, 9.17) is 5.10 Å². The van der Waals surface area contributed by atoms with Crippen LogP contribution in [-0.4, -0.2) is 33.7 Å². The van der Waals surface area contributed by atoms with Gasteiger partial charge in [0.15, 0.2) is 10.7 Å². The Labute approximate surface area is 123 Å². The van der Waals surface area contributed by atoms with E-state index in [0.29, 0.717) is 0 Å². The molecule has 0 spiro atoms. The molecule has 0 unspecified atom stereocenters. The van der Waals surface area contributed by atoms with Crippen molar-refractivity contribution >= 4 is 22.6 Å². The number of thioether (sulfide) groups is 1. The lowest BCUT2D eigenvalue weighted by molar-refractivity contribution is 0.387. The van der Waals surface area contributed by atoms with Crippen molar-refractivity contribution in [1.29, 1.82) is 0 Å². The summed E-state index contributed by atoms with van der Waals surface area (Å²) in [6.07, 6.45) is 4.70. The summed E-state index contributed by atoms with van der Waals surface area (Å²) in [7, 11) is 0. The number of rotatable bonds is 1. The van der Waals surface area contributed by atoms with Crippen molar-refractivity contribution in [2.24, 2.45) is 5.10 Å². The van der Waals surface area contributed by atoms with Gasteiger partial charge in [-0.05, 0) is 37.1 Å². The Morgan fingerprint density at radius 3 is 2.65 bits per heavy atom. The third kappa shape index (κ3) is 2.06. The fraction of sp³-hybridized carbons (Fsp3) is 0.400. The van der Waals surface area contributed by atoms with Gasteiger partial charge in [-0.1, -0.05) is 29.8 Å². The summed E-state index contributed by atoms with van der Waals surface area (Å²) >= 11 is 1.82. The van der Waals surface area contributed by atoms with Crippen LogP contribution < -0.4 is 5.32 Å². The number of likely N-dealkylation sites (tertiary alicyclic amines) is 1. The van der Waals surface area contributed by atoms with Gasteiger partial charge in [-0.3, -0.25) is 0 Å². The predicted molar refractivity (Wildman–Crippen MR) is 83.8 cm³/mol. The summed E-state index contributed by atoms with van der Waals surface area (Å²) in [4.78, 5) is 2.39. The van der Waals surface area contributed by atoms with E-state index >= 15 is 0 Å². The van der Waals surface area contributed by atoms with Gasteiger partial charge in [0.25, 0.3) is 0 Å². The number of hydrogen-bond donors (Lipinski definition) is 1. The van der Waals surface area contributed by atoms with Crippen molar-refractivity contribution in [1.82, 2.24) is 15.2 Å². The average molecular weight is 286 g/mol. The van der Waals surface area contributed by atoms with Gasteiger partial charge in [-0.25, -0.2) is 5.01 Å². The summed E-state index contributed by atoms with van der Waals surface area (Å²) in [5, 5.41) is 11.5. The van der Waals surface area contributed by atoms with Crippen LogP contribution in [0.4, 0.5) is 0 Å². The molecule has 1 aromatic carbocycles. The van der Waals surface area contributed by atoms with Gasteiger partial charge in [0.05, 0.1) is 11.9 Å². The minimum absolute atomic E-state index is 0.224. The van der Waals surface area contributed by atoms with Crippen LogP contribution in [0.1, 0.15) is 24.0 Å². The monoisotopic (exact) mass is 286 g/mol. The second-order valence-corrected chi connectivity index (χ2v) is 6.53. The lowest BCUT2D eigenvalue weighted by Crippen LogP contribution is -2.28. The Morgan fingerprint density at radius 1 is 1.20 bits per heavy atom. The number of fused-ring (bicyclic) bond motifs is 1. The van der Waals surface area contributed by atoms with Crippen LogP contribution in [0, 0.1) is 6.92 Å². The quantitative estimate of drug-likeness (QED) is 0.860. The molecule has 20 heavy (non-hydrogen) atoms. The molecule has 0 aromatic heterocycles. The highest BCUT2D eigenvalue weighted by atomic mass is 32.2. The third-order valence-electron chi connectivity index (χ3n) is 3.94. The minimum Gasteiger partial charge on any atom is -0.353 e. The number of benzene rings is 1. The number of amidine groups is 1. The lowest BCUT2D eigenvalue weighted by atomic mass is 10.1. The highest BCUT2D eigenvalue weighted by molar-refractivity contribution is 8.14. The molecule has 4 rings (SSSR count). The van der Waals surface area contributed by atoms with Crippen LogP contribution in [0.3, 0.4) is 0 Å². The van der Waals surface area contributed by atoms with E-state index in [0.717, 1.165) is 18.8 Å². The summed E-state index contributed by atoms with van der Waals surface area (Å²) in [5.41, 5.74) is 3.90. The largest absolute Gasteiger partial charge is 0.353 e. The standard InChI is InChI=1S/C15H18N4S/c1-11-4-6-12(7-5-11)13-10-19-14(16-13)20-15(17-19)18-8-2-3-9-18/h4-7,10,14,16H,2-3,8-9H2,1H3/t14-/m1/s1. The Balaban J connectivity index is 1.53. The summed E-state index contributed by atoms with van der Waals surface area (Å²) in [5.74, 6) is 0. The predicted octanol–water partition coefficient (Wildman–Crippen LogP) is 2.60. The van der Waals surface area contributed by atoms with E-state index in [2.05, 4.69) is 47.6 Å². The molecule has 0 aliphatic carbocycles. The van der Waals surface area contributed by atoms with E-state index in [9.17, 15) is 0 Å². The van der Waals surface area contributed by atoms with E-state index in [1.807, 2.05) is 16.8 Å². The van der Waals surface area contributed by atoms with Crippen molar-refractivity contribution in [3.8, 4) is 0 Å². The van der Waals surface area contributed by atoms with Crippen molar-refractivity contribution in [3.05, 3.63) is 41.6 Å². The van der Waals surface area contributed by atoms with Crippen LogP contribution in [0.5, 0.6) is 0 Å². The molecule has 0 bridgehead atoms. The van der Waals surface area contributed by atoms with Crippen molar-refractivity contribution in [3.63, 3.8) is 0 Å². The molecule has 0 radical (unpaired) electrons. The zero-order valence-corrected chi connectivity index (χ0v) is 12.4. The molecular formula is C15H18N4S.